The van der Waals surface area contributed by atoms with E-state index in [0.717, 1.165) is 33.4 Å². The van der Waals surface area contributed by atoms with Crippen LogP contribution in [0, 0.1) is 0 Å². The number of hydrogen-bond acceptors (Lipinski definition) is 4. The van der Waals surface area contributed by atoms with E-state index >= 15 is 0 Å². The van der Waals surface area contributed by atoms with Gasteiger partial charge >= 0.3 is 0 Å². The summed E-state index contributed by atoms with van der Waals surface area (Å²) in [6.07, 6.45) is 0. The monoisotopic (exact) mass is 316 g/mol. The second kappa shape index (κ2) is 5.43. The fraction of sp³-hybridized carbons (Fsp3) is 0.438. The molecule has 6 heteroatoms. The smallest absolute Gasteiger partial charge is 0.231 e. The predicted octanol–water partition coefficient (Wildman–Crippen LogP) is 2.94. The van der Waals surface area contributed by atoms with Crippen LogP contribution < -0.4 is 10.7 Å². The number of fused-ring (bicyclic) bond motifs is 1. The van der Waals surface area contributed by atoms with Crippen LogP contribution in [0.3, 0.4) is 0 Å². The lowest BCUT2D eigenvalue weighted by Gasteiger charge is -2.19. The lowest BCUT2D eigenvalue weighted by molar-refractivity contribution is -0.116. The van der Waals surface area contributed by atoms with Crippen LogP contribution in [0.2, 0.25) is 0 Å². The van der Waals surface area contributed by atoms with Gasteiger partial charge in [0.2, 0.25) is 5.91 Å². The van der Waals surface area contributed by atoms with Crippen molar-refractivity contribution >= 4 is 34.2 Å². The van der Waals surface area contributed by atoms with Crippen LogP contribution in [0.15, 0.2) is 28.3 Å². The van der Waals surface area contributed by atoms with Gasteiger partial charge < -0.3 is 5.32 Å². The number of rotatable bonds is 1. The van der Waals surface area contributed by atoms with E-state index in [1.807, 2.05) is 19.1 Å². The number of hydrazone groups is 1. The molecule has 0 saturated heterocycles. The van der Waals surface area contributed by atoms with Crippen LogP contribution in [0.5, 0.6) is 0 Å². The Labute approximate surface area is 134 Å². The zero-order chi connectivity index (χ0) is 15.9. The van der Waals surface area contributed by atoms with Crippen LogP contribution in [0.4, 0.5) is 5.69 Å². The summed E-state index contributed by atoms with van der Waals surface area (Å²) < 4.78 is 0. The lowest BCUT2D eigenvalue weighted by atomic mass is 9.99. The number of hydrogen-bond donors (Lipinski definition) is 2. The molecule has 2 aliphatic heterocycles. The predicted molar refractivity (Wildman–Crippen MR) is 92.8 cm³/mol. The molecule has 0 aromatic heterocycles. The number of anilines is 1. The zero-order valence-corrected chi connectivity index (χ0v) is 14.0. The maximum Gasteiger partial charge on any atom is 0.231 e. The number of amidine groups is 1. The summed E-state index contributed by atoms with van der Waals surface area (Å²) in [5, 5.41) is 8.19. The molecule has 3 rings (SSSR count). The molecule has 0 unspecified atom stereocenters. The van der Waals surface area contributed by atoms with Gasteiger partial charge in [-0.25, -0.2) is 0 Å². The van der Waals surface area contributed by atoms with Crippen molar-refractivity contribution in [1.82, 2.24) is 5.43 Å². The average molecular weight is 316 g/mol. The summed E-state index contributed by atoms with van der Waals surface area (Å²) in [4.78, 5) is 16.3. The molecule has 2 heterocycles. The number of carbonyl (C=O) groups excluding carboxylic acids is 1. The fourth-order valence-corrected chi connectivity index (χ4v) is 3.38. The molecule has 1 atom stereocenters. The number of benzene rings is 1. The Kier molecular flexibility index (Phi) is 3.72. The Morgan fingerprint density at radius 3 is 2.77 bits per heavy atom. The summed E-state index contributed by atoms with van der Waals surface area (Å²) in [6, 6.07) is 6.02. The van der Waals surface area contributed by atoms with Crippen molar-refractivity contribution in [3.05, 3.63) is 29.3 Å². The van der Waals surface area contributed by atoms with Crippen molar-refractivity contribution in [3.8, 4) is 0 Å². The van der Waals surface area contributed by atoms with Crippen molar-refractivity contribution < 1.29 is 4.79 Å². The Morgan fingerprint density at radius 2 is 2.14 bits per heavy atom. The van der Waals surface area contributed by atoms with Crippen molar-refractivity contribution in [3.63, 3.8) is 0 Å². The first-order valence-corrected chi connectivity index (χ1v) is 8.32. The summed E-state index contributed by atoms with van der Waals surface area (Å²) in [7, 11) is 0. The standard InChI is InChI=1S/C16H20N4OS/c1-9-11-7-10(5-6-12(11)17-14(9)21)13-8-22-15(20-19-13)18-16(2,3)4/h5-7,9H,8H2,1-4H3,(H,17,21)(H,18,20)/t9-/m0/s1. The maximum absolute atomic E-state index is 11.7. The molecule has 2 N–H and O–H groups in total. The Bertz CT molecular complexity index is 688. The van der Waals surface area contributed by atoms with Gasteiger partial charge in [0.05, 0.1) is 17.2 Å². The van der Waals surface area contributed by atoms with Crippen LogP contribution >= 0.6 is 11.8 Å². The quantitative estimate of drug-likeness (QED) is 0.837. The molecular formula is C16H20N4OS. The number of nitrogens with zero attached hydrogens (tertiary/aromatic N) is 2. The molecule has 1 aromatic carbocycles. The summed E-state index contributed by atoms with van der Waals surface area (Å²) in [5.74, 6) is 0.735. The minimum atomic E-state index is -0.114. The minimum Gasteiger partial charge on any atom is -0.325 e. The molecule has 5 nitrogen and oxygen atoms in total. The van der Waals surface area contributed by atoms with Gasteiger partial charge in [0, 0.05) is 11.4 Å². The number of nitrogens with one attached hydrogen (secondary N) is 2. The van der Waals surface area contributed by atoms with Crippen molar-refractivity contribution in [2.24, 2.45) is 10.1 Å². The van der Waals surface area contributed by atoms with E-state index < -0.39 is 0 Å². The van der Waals surface area contributed by atoms with E-state index in [1.165, 1.54) is 0 Å². The second-order valence-corrected chi connectivity index (χ2v) is 7.52. The molecule has 0 radical (unpaired) electrons. The Hall–Kier alpha value is -1.82. The van der Waals surface area contributed by atoms with Gasteiger partial charge in [0.25, 0.3) is 0 Å². The van der Waals surface area contributed by atoms with E-state index in [4.69, 9.17) is 0 Å². The van der Waals surface area contributed by atoms with E-state index in [2.05, 4.69) is 47.7 Å². The summed E-state index contributed by atoms with van der Waals surface area (Å²) in [6.45, 7) is 8.11. The number of aliphatic imine (C=N–C) groups is 1. The first-order valence-electron chi connectivity index (χ1n) is 7.34. The molecule has 22 heavy (non-hydrogen) atoms. The molecular weight excluding hydrogens is 296 g/mol. The van der Waals surface area contributed by atoms with E-state index in [1.54, 1.807) is 11.8 Å². The Balaban J connectivity index is 1.83. The highest BCUT2D eigenvalue weighted by molar-refractivity contribution is 8.14. The van der Waals surface area contributed by atoms with Crippen molar-refractivity contribution in [2.45, 2.75) is 39.2 Å². The topological polar surface area (TPSA) is 65.8 Å². The first-order chi connectivity index (χ1) is 10.3. The molecule has 0 spiro atoms. The van der Waals surface area contributed by atoms with Crippen LogP contribution in [0.25, 0.3) is 0 Å². The SMILES string of the molecule is C[C@@H]1C(=O)Nc2ccc(C3=NNC(=NC(C)(C)C)SC3)cc21. The van der Waals surface area contributed by atoms with Gasteiger partial charge in [0.1, 0.15) is 0 Å². The van der Waals surface area contributed by atoms with Gasteiger partial charge in [-0.2, -0.15) is 5.10 Å². The molecule has 0 fully saturated rings. The molecule has 1 aromatic rings. The van der Waals surface area contributed by atoms with Crippen LogP contribution in [-0.4, -0.2) is 28.1 Å². The highest BCUT2D eigenvalue weighted by Gasteiger charge is 2.27. The van der Waals surface area contributed by atoms with Crippen LogP contribution in [-0.2, 0) is 4.79 Å². The zero-order valence-electron chi connectivity index (χ0n) is 13.2. The third-order valence-electron chi connectivity index (χ3n) is 3.57. The number of carbonyl (C=O) groups is 1. The van der Waals surface area contributed by atoms with Crippen molar-refractivity contribution in [2.75, 3.05) is 11.1 Å². The highest BCUT2D eigenvalue weighted by Crippen LogP contribution is 2.33. The molecule has 0 saturated carbocycles. The number of amides is 1. The largest absolute Gasteiger partial charge is 0.325 e. The van der Waals surface area contributed by atoms with Gasteiger partial charge in [-0.15, -0.1) is 0 Å². The highest BCUT2D eigenvalue weighted by atomic mass is 32.2. The van der Waals surface area contributed by atoms with Gasteiger partial charge in [-0.3, -0.25) is 15.2 Å². The Morgan fingerprint density at radius 1 is 1.36 bits per heavy atom. The molecule has 1 amide bonds. The second-order valence-electron chi connectivity index (χ2n) is 6.56. The summed E-state index contributed by atoms with van der Waals surface area (Å²) in [5.41, 5.74) is 6.90. The average Bonchev–Trinajstić information content (AvgIpc) is 2.73. The normalized spacial score (nSPS) is 22.9. The van der Waals surface area contributed by atoms with E-state index in [9.17, 15) is 4.79 Å². The van der Waals surface area contributed by atoms with Gasteiger partial charge in [-0.1, -0.05) is 17.8 Å². The molecule has 0 bridgehead atoms. The fourth-order valence-electron chi connectivity index (χ4n) is 2.42. The third kappa shape index (κ3) is 3.02. The summed E-state index contributed by atoms with van der Waals surface area (Å²) >= 11 is 1.65. The minimum absolute atomic E-state index is 0.0600. The van der Waals surface area contributed by atoms with E-state index in [-0.39, 0.29) is 17.4 Å². The third-order valence-corrected chi connectivity index (χ3v) is 4.45. The maximum atomic E-state index is 11.7. The van der Waals surface area contributed by atoms with Crippen LogP contribution in [0.1, 0.15) is 44.7 Å². The number of thioether (sulfide) groups is 1. The lowest BCUT2D eigenvalue weighted by Crippen LogP contribution is -2.28. The molecule has 116 valence electrons. The van der Waals surface area contributed by atoms with Crippen molar-refractivity contribution in [1.29, 1.82) is 0 Å². The first kappa shape index (κ1) is 15.1. The van der Waals surface area contributed by atoms with Gasteiger partial charge in [-0.05, 0) is 51.0 Å². The molecule has 2 aliphatic rings. The van der Waals surface area contributed by atoms with Gasteiger partial charge in [0.15, 0.2) is 5.17 Å². The van der Waals surface area contributed by atoms with E-state index in [0.29, 0.717) is 0 Å². The molecule has 0 aliphatic carbocycles.